The first-order valence-corrected chi connectivity index (χ1v) is 7.26. The molecule has 1 aliphatic rings. The number of nitrogens with zero attached hydrogens (tertiary/aromatic N) is 1. The third kappa shape index (κ3) is 3.94. The molecule has 1 atom stereocenters. The van der Waals surface area contributed by atoms with Gasteiger partial charge in [-0.15, -0.1) is 0 Å². The number of benzene rings is 1. The maximum atomic E-state index is 13.4. The normalized spacial score (nSPS) is 19.1. The summed E-state index contributed by atoms with van der Waals surface area (Å²) in [6, 6.07) is 3.90. The molecule has 1 N–H and O–H groups in total. The van der Waals surface area contributed by atoms with Crippen molar-refractivity contribution in [2.45, 2.75) is 32.9 Å². The van der Waals surface area contributed by atoms with Gasteiger partial charge in [0.05, 0.1) is 11.6 Å². The monoisotopic (exact) mass is 312 g/mol. The van der Waals surface area contributed by atoms with Gasteiger partial charge in [0.2, 0.25) is 11.8 Å². The van der Waals surface area contributed by atoms with E-state index < -0.39 is 11.9 Å². The maximum absolute atomic E-state index is 13.4. The van der Waals surface area contributed by atoms with Gasteiger partial charge in [-0.2, -0.15) is 0 Å². The number of carbonyl (C=O) groups excluding carboxylic acids is 2. The number of halogens is 2. The van der Waals surface area contributed by atoms with Crippen LogP contribution in [0.4, 0.5) is 4.39 Å². The van der Waals surface area contributed by atoms with Crippen molar-refractivity contribution in [3.8, 4) is 0 Å². The SMILES string of the molecule is CC(C)CC1NC(=O)CN(Cc2ccc(Cl)c(F)c2)C1=O. The van der Waals surface area contributed by atoms with Gasteiger partial charge in [-0.3, -0.25) is 9.59 Å². The van der Waals surface area contributed by atoms with Crippen molar-refractivity contribution >= 4 is 23.4 Å². The predicted octanol–water partition coefficient (Wildman–Crippen LogP) is 2.35. The Kier molecular flexibility index (Phi) is 4.83. The van der Waals surface area contributed by atoms with E-state index in [2.05, 4.69) is 5.32 Å². The van der Waals surface area contributed by atoms with Crippen LogP contribution in [-0.2, 0) is 16.1 Å². The van der Waals surface area contributed by atoms with Gasteiger partial charge in [-0.25, -0.2) is 4.39 Å². The van der Waals surface area contributed by atoms with Gasteiger partial charge < -0.3 is 10.2 Å². The molecule has 1 fully saturated rings. The molecule has 1 aromatic carbocycles. The first-order chi connectivity index (χ1) is 9.86. The topological polar surface area (TPSA) is 49.4 Å². The van der Waals surface area contributed by atoms with Crippen LogP contribution in [0.5, 0.6) is 0 Å². The van der Waals surface area contributed by atoms with E-state index in [1.165, 1.54) is 17.0 Å². The van der Waals surface area contributed by atoms with Crippen molar-refractivity contribution in [2.24, 2.45) is 5.92 Å². The molecule has 1 aromatic rings. The van der Waals surface area contributed by atoms with E-state index in [1.54, 1.807) is 6.07 Å². The van der Waals surface area contributed by atoms with Gasteiger partial charge >= 0.3 is 0 Å². The van der Waals surface area contributed by atoms with Crippen LogP contribution in [0.3, 0.4) is 0 Å². The smallest absolute Gasteiger partial charge is 0.245 e. The zero-order valence-electron chi connectivity index (χ0n) is 12.0. The lowest BCUT2D eigenvalue weighted by molar-refractivity contribution is -0.145. The van der Waals surface area contributed by atoms with Crippen LogP contribution in [0.25, 0.3) is 0 Å². The highest BCUT2D eigenvalue weighted by Gasteiger charge is 2.32. The summed E-state index contributed by atoms with van der Waals surface area (Å²) in [5.41, 5.74) is 0.614. The lowest BCUT2D eigenvalue weighted by Gasteiger charge is -2.33. The Labute approximate surface area is 128 Å². The maximum Gasteiger partial charge on any atom is 0.245 e. The molecular weight excluding hydrogens is 295 g/mol. The van der Waals surface area contributed by atoms with Crippen LogP contribution in [-0.4, -0.2) is 29.3 Å². The Hall–Kier alpha value is -1.62. The third-order valence-electron chi connectivity index (χ3n) is 3.34. The Bertz CT molecular complexity index is 563. The summed E-state index contributed by atoms with van der Waals surface area (Å²) in [5, 5.41) is 2.75. The second-order valence-electron chi connectivity index (χ2n) is 5.69. The molecule has 1 aliphatic heterocycles. The van der Waals surface area contributed by atoms with E-state index in [4.69, 9.17) is 11.6 Å². The highest BCUT2D eigenvalue weighted by atomic mass is 35.5. The molecule has 4 nitrogen and oxygen atoms in total. The van der Waals surface area contributed by atoms with Gasteiger partial charge in [0.1, 0.15) is 11.9 Å². The van der Waals surface area contributed by atoms with Gasteiger partial charge in [0, 0.05) is 6.54 Å². The lowest BCUT2D eigenvalue weighted by atomic mass is 10.0. The average Bonchev–Trinajstić information content (AvgIpc) is 2.39. The fraction of sp³-hybridized carbons (Fsp3) is 0.467. The average molecular weight is 313 g/mol. The summed E-state index contributed by atoms with van der Waals surface area (Å²) < 4.78 is 13.4. The summed E-state index contributed by atoms with van der Waals surface area (Å²) in [7, 11) is 0. The second-order valence-corrected chi connectivity index (χ2v) is 6.10. The molecule has 0 aromatic heterocycles. The van der Waals surface area contributed by atoms with E-state index >= 15 is 0 Å². The minimum atomic E-state index is -0.526. The molecule has 0 bridgehead atoms. The van der Waals surface area contributed by atoms with E-state index in [9.17, 15) is 14.0 Å². The molecule has 1 unspecified atom stereocenters. The number of hydrogen-bond acceptors (Lipinski definition) is 2. The molecule has 21 heavy (non-hydrogen) atoms. The standard InChI is InChI=1S/C15H18ClFN2O2/c1-9(2)5-13-15(21)19(8-14(20)18-13)7-10-3-4-11(16)12(17)6-10/h3-4,6,9,13H,5,7-8H2,1-2H3,(H,18,20). The van der Waals surface area contributed by atoms with Crippen molar-refractivity contribution in [1.29, 1.82) is 0 Å². The van der Waals surface area contributed by atoms with Gasteiger partial charge in [0.25, 0.3) is 0 Å². The molecule has 1 saturated heterocycles. The van der Waals surface area contributed by atoms with Crippen molar-refractivity contribution in [3.05, 3.63) is 34.6 Å². The van der Waals surface area contributed by atoms with Gasteiger partial charge in [-0.1, -0.05) is 31.5 Å². The second kappa shape index (κ2) is 6.43. The lowest BCUT2D eigenvalue weighted by Crippen LogP contribution is -2.57. The minimum absolute atomic E-state index is 0.00231. The van der Waals surface area contributed by atoms with Crippen LogP contribution >= 0.6 is 11.6 Å². The molecule has 0 spiro atoms. The highest BCUT2D eigenvalue weighted by molar-refractivity contribution is 6.30. The molecule has 2 amide bonds. The molecule has 0 saturated carbocycles. The fourth-order valence-corrected chi connectivity index (χ4v) is 2.51. The van der Waals surface area contributed by atoms with Crippen LogP contribution in [0, 0.1) is 11.7 Å². The van der Waals surface area contributed by atoms with Crippen LogP contribution in [0.1, 0.15) is 25.8 Å². The zero-order chi connectivity index (χ0) is 15.6. The summed E-state index contributed by atoms with van der Waals surface area (Å²) in [4.78, 5) is 25.5. The minimum Gasteiger partial charge on any atom is -0.343 e. The van der Waals surface area contributed by atoms with E-state index in [0.717, 1.165) is 0 Å². The molecule has 114 valence electrons. The third-order valence-corrected chi connectivity index (χ3v) is 3.65. The molecule has 1 heterocycles. The van der Waals surface area contributed by atoms with Crippen molar-refractivity contribution < 1.29 is 14.0 Å². The first-order valence-electron chi connectivity index (χ1n) is 6.89. The van der Waals surface area contributed by atoms with Crippen LogP contribution in [0.2, 0.25) is 5.02 Å². The van der Waals surface area contributed by atoms with Gasteiger partial charge in [0.15, 0.2) is 0 Å². The van der Waals surface area contributed by atoms with E-state index in [0.29, 0.717) is 17.9 Å². The largest absolute Gasteiger partial charge is 0.343 e. The fourth-order valence-electron chi connectivity index (χ4n) is 2.40. The Morgan fingerprint density at radius 1 is 1.43 bits per heavy atom. The number of nitrogens with one attached hydrogen (secondary N) is 1. The summed E-state index contributed by atoms with van der Waals surface area (Å²) in [5.74, 6) is -0.540. The Morgan fingerprint density at radius 2 is 2.14 bits per heavy atom. The van der Waals surface area contributed by atoms with E-state index in [-0.39, 0.29) is 29.9 Å². The number of rotatable bonds is 4. The van der Waals surface area contributed by atoms with Crippen molar-refractivity contribution in [2.75, 3.05) is 6.54 Å². The number of amides is 2. The predicted molar refractivity (Wildman–Crippen MR) is 78.2 cm³/mol. The number of carbonyl (C=O) groups is 2. The Morgan fingerprint density at radius 3 is 2.76 bits per heavy atom. The molecule has 6 heteroatoms. The van der Waals surface area contributed by atoms with Crippen LogP contribution in [0.15, 0.2) is 18.2 Å². The number of piperazine rings is 1. The molecule has 0 aliphatic carbocycles. The zero-order valence-corrected chi connectivity index (χ0v) is 12.8. The van der Waals surface area contributed by atoms with Crippen molar-refractivity contribution in [1.82, 2.24) is 10.2 Å². The first kappa shape index (κ1) is 15.8. The van der Waals surface area contributed by atoms with Gasteiger partial charge in [-0.05, 0) is 30.0 Å². The molecule has 2 rings (SSSR count). The van der Waals surface area contributed by atoms with Crippen molar-refractivity contribution in [3.63, 3.8) is 0 Å². The Balaban J connectivity index is 2.12. The molecule has 0 radical (unpaired) electrons. The van der Waals surface area contributed by atoms with E-state index in [1.807, 2.05) is 13.8 Å². The highest BCUT2D eigenvalue weighted by Crippen LogP contribution is 2.18. The number of hydrogen-bond donors (Lipinski definition) is 1. The summed E-state index contributed by atoms with van der Waals surface area (Å²) in [6.45, 7) is 4.19. The van der Waals surface area contributed by atoms with Crippen LogP contribution < -0.4 is 5.32 Å². The quantitative estimate of drug-likeness (QED) is 0.928. The molecular formula is C15H18ClFN2O2. The summed E-state index contributed by atoms with van der Waals surface area (Å²) in [6.07, 6.45) is 0.593. The summed E-state index contributed by atoms with van der Waals surface area (Å²) >= 11 is 5.64.